The lowest BCUT2D eigenvalue weighted by molar-refractivity contribution is -0.480. The Morgan fingerprint density at radius 3 is 2.15 bits per heavy atom. The number of hydrogen-bond acceptors (Lipinski definition) is 6. The molecule has 0 unspecified atom stereocenters. The third-order valence-electron chi connectivity index (χ3n) is 3.67. The van der Waals surface area contributed by atoms with E-state index >= 15 is 0 Å². The van der Waals surface area contributed by atoms with Crippen LogP contribution in [0.3, 0.4) is 0 Å². The minimum Gasteiger partial charge on any atom is -0.492 e. The summed E-state index contributed by atoms with van der Waals surface area (Å²) in [7, 11) is -5.53. The average Bonchev–Trinajstić information content (AvgIpc) is 2.51. The smallest absolute Gasteiger partial charge is 0.273 e. The van der Waals surface area contributed by atoms with Gasteiger partial charge in [0.05, 0.1) is 17.8 Å². The number of ether oxygens (including phenoxy) is 1. The number of nitrogens with zero attached hydrogens (tertiary/aromatic N) is 1. The maximum absolute atomic E-state index is 11.5. The van der Waals surface area contributed by atoms with Crippen molar-refractivity contribution in [2.45, 2.75) is 43.4 Å². The van der Waals surface area contributed by atoms with E-state index in [0.717, 1.165) is 43.3 Å². The number of nitro groups is 1. The zero-order chi connectivity index (χ0) is 19.6. The number of rotatable bonds is 13. The molecule has 26 heavy (non-hydrogen) atoms. The first-order chi connectivity index (χ1) is 12.1. The Hall–Kier alpha value is -1.32. The van der Waals surface area contributed by atoms with Gasteiger partial charge in [0.25, 0.3) is 10.1 Å². The molecular weight excluding hydrogens is 378 g/mol. The zero-order valence-electron chi connectivity index (χ0n) is 15.7. The van der Waals surface area contributed by atoms with Gasteiger partial charge in [-0.1, -0.05) is 41.7 Å². The second-order valence-corrected chi connectivity index (χ2v) is 11.3. The molecule has 0 saturated carbocycles. The maximum Gasteiger partial charge on any atom is 0.273 e. The first kappa shape index (κ1) is 22.7. The third kappa shape index (κ3) is 9.40. The van der Waals surface area contributed by atoms with Crippen molar-refractivity contribution in [3.63, 3.8) is 0 Å². The summed E-state index contributed by atoms with van der Waals surface area (Å²) >= 11 is 0. The van der Waals surface area contributed by atoms with Crippen molar-refractivity contribution in [1.82, 2.24) is 0 Å². The summed E-state index contributed by atoms with van der Waals surface area (Å²) in [5, 5.41) is 10.2. The predicted octanol–water partition coefficient (Wildman–Crippen LogP) is 4.00. The van der Waals surface area contributed by atoms with Crippen molar-refractivity contribution in [2.24, 2.45) is 0 Å². The van der Waals surface area contributed by atoms with Gasteiger partial charge in [-0.15, -0.1) is 0 Å². The van der Waals surface area contributed by atoms with Crippen molar-refractivity contribution >= 4 is 20.4 Å². The zero-order valence-corrected chi connectivity index (χ0v) is 17.3. The second-order valence-electron chi connectivity index (χ2n) is 6.48. The van der Waals surface area contributed by atoms with E-state index in [1.165, 1.54) is 0 Å². The van der Waals surface area contributed by atoms with Gasteiger partial charge in [0.1, 0.15) is 5.75 Å². The van der Waals surface area contributed by atoms with Crippen LogP contribution in [0.15, 0.2) is 29.2 Å². The van der Waals surface area contributed by atoms with Crippen molar-refractivity contribution in [2.75, 3.05) is 31.9 Å². The highest BCUT2D eigenvalue weighted by atomic mass is 32.3. The molecule has 0 spiro atoms. The van der Waals surface area contributed by atoms with Crippen molar-refractivity contribution < 1.29 is 21.7 Å². The fourth-order valence-corrected chi connectivity index (χ4v) is 6.34. The molecule has 0 fully saturated rings. The molecule has 0 radical (unpaired) electrons. The highest BCUT2D eigenvalue weighted by molar-refractivity contribution is 8.32. The van der Waals surface area contributed by atoms with E-state index in [0.29, 0.717) is 18.8 Å². The summed E-state index contributed by atoms with van der Waals surface area (Å²) in [6, 6.07) is 7.36. The van der Waals surface area contributed by atoms with E-state index in [2.05, 4.69) is 0 Å². The SMILES string of the molecule is CS(C)(OS(C)(=O)=O)c1ccccc1OCCCCCCCC[N+](=O)[O-]. The molecule has 1 aromatic carbocycles. The Bertz CT molecular complexity index is 676. The fourth-order valence-electron chi connectivity index (χ4n) is 2.55. The van der Waals surface area contributed by atoms with Crippen LogP contribution in [0.4, 0.5) is 0 Å². The molecule has 0 bridgehead atoms. The van der Waals surface area contributed by atoms with Crippen LogP contribution >= 0.6 is 10.3 Å². The lowest BCUT2D eigenvalue weighted by Crippen LogP contribution is -2.10. The second kappa shape index (κ2) is 10.7. The van der Waals surface area contributed by atoms with E-state index in [-0.39, 0.29) is 11.5 Å². The highest BCUT2D eigenvalue weighted by Crippen LogP contribution is 2.55. The molecule has 150 valence electrons. The normalized spacial score (nSPS) is 12.7. The van der Waals surface area contributed by atoms with Crippen molar-refractivity contribution in [3.05, 3.63) is 34.4 Å². The lowest BCUT2D eigenvalue weighted by Gasteiger charge is -2.31. The fraction of sp³-hybridized carbons (Fsp3) is 0.647. The summed E-state index contributed by atoms with van der Waals surface area (Å²) in [6.45, 7) is 0.591. The molecule has 0 amide bonds. The van der Waals surface area contributed by atoms with Gasteiger partial charge in [0, 0.05) is 11.3 Å². The molecule has 0 saturated heterocycles. The molecule has 0 heterocycles. The summed E-state index contributed by atoms with van der Waals surface area (Å²) in [5.74, 6) is 0.655. The van der Waals surface area contributed by atoms with Crippen molar-refractivity contribution in [1.29, 1.82) is 0 Å². The molecule has 7 nitrogen and oxygen atoms in total. The van der Waals surface area contributed by atoms with Crippen LogP contribution in [0, 0.1) is 10.1 Å². The van der Waals surface area contributed by atoms with Gasteiger partial charge in [0.2, 0.25) is 6.54 Å². The minimum absolute atomic E-state index is 0.0492. The molecule has 1 aromatic rings. The third-order valence-corrected chi connectivity index (χ3v) is 7.41. The van der Waals surface area contributed by atoms with Crippen LogP contribution in [-0.4, -0.2) is 45.3 Å². The van der Waals surface area contributed by atoms with E-state index in [4.69, 9.17) is 8.37 Å². The largest absolute Gasteiger partial charge is 0.492 e. The van der Waals surface area contributed by atoms with Crippen LogP contribution in [-0.2, 0) is 13.7 Å². The van der Waals surface area contributed by atoms with E-state index in [1.54, 1.807) is 12.5 Å². The Morgan fingerprint density at radius 2 is 1.54 bits per heavy atom. The first-order valence-corrected chi connectivity index (χ1v) is 12.8. The minimum atomic E-state index is -3.55. The molecule has 0 N–H and O–H groups in total. The number of benzene rings is 1. The van der Waals surface area contributed by atoms with Gasteiger partial charge < -0.3 is 4.74 Å². The molecular formula is C17H29NO6S2. The molecule has 0 aliphatic carbocycles. The quantitative estimate of drug-likeness (QED) is 0.279. The number of para-hydroxylation sites is 1. The van der Waals surface area contributed by atoms with Crippen LogP contribution in [0.25, 0.3) is 0 Å². The Balaban J connectivity index is 2.41. The number of unbranched alkanes of at least 4 members (excludes halogenated alkanes) is 5. The summed E-state index contributed by atoms with van der Waals surface area (Å²) in [5.41, 5.74) is 0. The average molecular weight is 408 g/mol. The van der Waals surface area contributed by atoms with Crippen LogP contribution < -0.4 is 4.74 Å². The molecule has 0 aliphatic heterocycles. The molecule has 0 atom stereocenters. The van der Waals surface area contributed by atoms with E-state index < -0.39 is 20.4 Å². The summed E-state index contributed by atoms with van der Waals surface area (Å²) in [6.07, 6.45) is 10.0. The van der Waals surface area contributed by atoms with Gasteiger partial charge in [-0.05, 0) is 37.5 Å². The maximum atomic E-state index is 11.5. The summed E-state index contributed by atoms with van der Waals surface area (Å²) in [4.78, 5) is 10.7. The lowest BCUT2D eigenvalue weighted by atomic mass is 10.1. The molecule has 0 aromatic heterocycles. The van der Waals surface area contributed by atoms with Gasteiger partial charge >= 0.3 is 0 Å². The number of hydrogen-bond donors (Lipinski definition) is 0. The predicted molar refractivity (Wildman–Crippen MR) is 105 cm³/mol. The van der Waals surface area contributed by atoms with Crippen molar-refractivity contribution in [3.8, 4) is 5.75 Å². The van der Waals surface area contributed by atoms with Crippen LogP contribution in [0.5, 0.6) is 5.75 Å². The Morgan fingerprint density at radius 1 is 0.962 bits per heavy atom. The first-order valence-electron chi connectivity index (χ1n) is 8.60. The van der Waals surface area contributed by atoms with E-state index in [1.807, 2.05) is 24.3 Å². The van der Waals surface area contributed by atoms with Gasteiger partial charge in [-0.25, -0.2) is 3.63 Å². The van der Waals surface area contributed by atoms with Crippen LogP contribution in [0.2, 0.25) is 0 Å². The van der Waals surface area contributed by atoms with Gasteiger partial charge in [-0.3, -0.25) is 10.1 Å². The van der Waals surface area contributed by atoms with Crippen LogP contribution in [0.1, 0.15) is 38.5 Å². The summed E-state index contributed by atoms with van der Waals surface area (Å²) < 4.78 is 34.1. The molecule has 9 heteroatoms. The topological polar surface area (TPSA) is 95.7 Å². The Labute approximate surface area is 157 Å². The monoisotopic (exact) mass is 407 g/mol. The van der Waals surface area contributed by atoms with Gasteiger partial charge in [-0.2, -0.15) is 8.42 Å². The standard InChI is InChI=1S/C17H29NO6S2/c1-25(2,24-26(3,21)22)17-13-9-8-12-16(17)23-15-11-7-5-4-6-10-14-18(19)20/h8-9,12-13H,4-7,10-11,14-15H2,1-3H3. The van der Waals surface area contributed by atoms with E-state index in [9.17, 15) is 18.5 Å². The Kier molecular flexibility index (Phi) is 9.38. The van der Waals surface area contributed by atoms with Gasteiger partial charge in [0.15, 0.2) is 0 Å². The molecule has 0 aliphatic rings. The highest BCUT2D eigenvalue weighted by Gasteiger charge is 2.24. The molecule has 1 rings (SSSR count).